The molecule has 1 heterocycles. The number of hydrogen-bond acceptors (Lipinski definition) is 3. The third-order valence-corrected chi connectivity index (χ3v) is 3.00. The first kappa shape index (κ1) is 13.2. The van der Waals surface area contributed by atoms with Crippen molar-refractivity contribution in [3.63, 3.8) is 0 Å². The highest BCUT2D eigenvalue weighted by molar-refractivity contribution is 7.98. The lowest BCUT2D eigenvalue weighted by Crippen LogP contribution is -2.19. The van der Waals surface area contributed by atoms with Crippen molar-refractivity contribution in [3.05, 3.63) is 28.7 Å². The van der Waals surface area contributed by atoms with Gasteiger partial charge in [0, 0.05) is 25.4 Å². The average molecular weight is 240 g/mol. The number of hydrogen-bond donors (Lipinski definition) is 1. The molecular formula is C12H20N2OS. The van der Waals surface area contributed by atoms with Crippen LogP contribution in [0.25, 0.3) is 0 Å². The lowest BCUT2D eigenvalue weighted by molar-refractivity contribution is 0.655. The summed E-state index contributed by atoms with van der Waals surface area (Å²) < 4.78 is 1.76. The lowest BCUT2D eigenvalue weighted by Gasteiger charge is -2.09. The molecule has 0 amide bonds. The molecule has 0 aliphatic rings. The number of thioether (sulfide) groups is 1. The summed E-state index contributed by atoms with van der Waals surface area (Å²) in [6.45, 7) is 3.83. The Labute approximate surface area is 101 Å². The molecule has 1 rings (SSSR count). The highest BCUT2D eigenvalue weighted by Gasteiger charge is 1.97. The highest BCUT2D eigenvalue weighted by Crippen LogP contribution is 2.04. The Morgan fingerprint density at radius 1 is 1.44 bits per heavy atom. The third-order valence-electron chi connectivity index (χ3n) is 2.30. The standard InChI is InChI=1S/C12H20N2OS/c1-3-8-14-10-11(5-6-12(14)15)13-7-4-9-16-2/h5-6,10,13H,3-4,7-9H2,1-2H3. The fraction of sp³-hybridized carbons (Fsp3) is 0.583. The van der Waals surface area contributed by atoms with Crippen LogP contribution in [0.5, 0.6) is 0 Å². The predicted octanol–water partition coefficient (Wildman–Crippen LogP) is 2.42. The van der Waals surface area contributed by atoms with Crippen molar-refractivity contribution in [3.8, 4) is 0 Å². The van der Waals surface area contributed by atoms with Crippen molar-refractivity contribution in [2.45, 2.75) is 26.3 Å². The Morgan fingerprint density at radius 2 is 2.25 bits per heavy atom. The molecule has 0 spiro atoms. The van der Waals surface area contributed by atoms with Gasteiger partial charge in [0.2, 0.25) is 0 Å². The van der Waals surface area contributed by atoms with Gasteiger partial charge >= 0.3 is 0 Å². The average Bonchev–Trinajstić information content (AvgIpc) is 2.29. The van der Waals surface area contributed by atoms with E-state index in [4.69, 9.17) is 0 Å². The van der Waals surface area contributed by atoms with Gasteiger partial charge in [-0.3, -0.25) is 4.79 Å². The van der Waals surface area contributed by atoms with Gasteiger partial charge in [-0.1, -0.05) is 6.92 Å². The molecule has 0 radical (unpaired) electrons. The largest absolute Gasteiger partial charge is 0.384 e. The molecule has 0 bridgehead atoms. The van der Waals surface area contributed by atoms with Crippen molar-refractivity contribution in [1.29, 1.82) is 0 Å². The molecule has 0 saturated carbocycles. The molecule has 0 aliphatic carbocycles. The van der Waals surface area contributed by atoms with E-state index in [9.17, 15) is 4.79 Å². The summed E-state index contributed by atoms with van der Waals surface area (Å²) in [4.78, 5) is 11.5. The molecule has 3 nitrogen and oxygen atoms in total. The fourth-order valence-electron chi connectivity index (χ4n) is 1.50. The molecule has 1 N–H and O–H groups in total. The van der Waals surface area contributed by atoms with Gasteiger partial charge < -0.3 is 9.88 Å². The Balaban J connectivity index is 2.53. The zero-order valence-electron chi connectivity index (χ0n) is 10.0. The van der Waals surface area contributed by atoms with Gasteiger partial charge in [0.05, 0.1) is 5.69 Å². The maximum atomic E-state index is 11.5. The second-order valence-corrected chi connectivity index (χ2v) is 4.71. The summed E-state index contributed by atoms with van der Waals surface area (Å²) in [5.74, 6) is 1.17. The molecule has 90 valence electrons. The monoisotopic (exact) mass is 240 g/mol. The molecule has 16 heavy (non-hydrogen) atoms. The van der Waals surface area contributed by atoms with E-state index in [1.165, 1.54) is 5.75 Å². The van der Waals surface area contributed by atoms with Gasteiger partial charge in [0.1, 0.15) is 0 Å². The number of nitrogens with one attached hydrogen (secondary N) is 1. The van der Waals surface area contributed by atoms with Gasteiger partial charge in [-0.05, 0) is 30.9 Å². The summed E-state index contributed by atoms with van der Waals surface area (Å²) >= 11 is 1.86. The van der Waals surface area contributed by atoms with Crippen LogP contribution in [-0.4, -0.2) is 23.1 Å². The summed E-state index contributed by atoms with van der Waals surface area (Å²) in [6, 6.07) is 3.49. The van der Waals surface area contributed by atoms with E-state index in [0.29, 0.717) is 0 Å². The highest BCUT2D eigenvalue weighted by atomic mass is 32.2. The summed E-state index contributed by atoms with van der Waals surface area (Å²) in [7, 11) is 0. The van der Waals surface area contributed by atoms with Crippen LogP contribution in [0.15, 0.2) is 23.1 Å². The first-order valence-corrected chi connectivity index (χ1v) is 7.10. The van der Waals surface area contributed by atoms with E-state index in [1.807, 2.05) is 24.0 Å². The van der Waals surface area contributed by atoms with Gasteiger partial charge in [-0.25, -0.2) is 0 Å². The lowest BCUT2D eigenvalue weighted by atomic mass is 10.3. The van der Waals surface area contributed by atoms with Crippen LogP contribution in [0.1, 0.15) is 19.8 Å². The van der Waals surface area contributed by atoms with Crippen LogP contribution < -0.4 is 10.9 Å². The molecule has 0 fully saturated rings. The number of rotatable bonds is 7. The zero-order chi connectivity index (χ0) is 11.8. The zero-order valence-corrected chi connectivity index (χ0v) is 10.8. The normalized spacial score (nSPS) is 10.4. The third kappa shape index (κ3) is 4.31. The second kappa shape index (κ2) is 7.39. The van der Waals surface area contributed by atoms with Gasteiger partial charge in [-0.15, -0.1) is 0 Å². The van der Waals surface area contributed by atoms with Gasteiger partial charge in [0.15, 0.2) is 0 Å². The SMILES string of the molecule is CCCn1cc(NCCCSC)ccc1=O. The van der Waals surface area contributed by atoms with E-state index in [1.54, 1.807) is 10.6 Å². The maximum absolute atomic E-state index is 11.5. The molecule has 4 heteroatoms. The van der Waals surface area contributed by atoms with Crippen molar-refractivity contribution < 1.29 is 0 Å². The molecule has 0 aliphatic heterocycles. The van der Waals surface area contributed by atoms with E-state index in [2.05, 4.69) is 18.5 Å². The Bertz CT molecular complexity index is 362. The predicted molar refractivity (Wildman–Crippen MR) is 72.5 cm³/mol. The molecule has 0 unspecified atom stereocenters. The fourth-order valence-corrected chi connectivity index (χ4v) is 1.93. The minimum absolute atomic E-state index is 0.0801. The summed E-state index contributed by atoms with van der Waals surface area (Å²) in [6.07, 6.45) is 6.15. The van der Waals surface area contributed by atoms with Crippen molar-refractivity contribution in [1.82, 2.24) is 4.57 Å². The van der Waals surface area contributed by atoms with Crippen molar-refractivity contribution in [2.75, 3.05) is 23.9 Å². The second-order valence-electron chi connectivity index (χ2n) is 3.72. The topological polar surface area (TPSA) is 34.0 Å². The Hall–Kier alpha value is -0.900. The smallest absolute Gasteiger partial charge is 0.250 e. The van der Waals surface area contributed by atoms with Crippen molar-refractivity contribution in [2.24, 2.45) is 0 Å². The van der Waals surface area contributed by atoms with E-state index < -0.39 is 0 Å². The first-order chi connectivity index (χ1) is 7.77. The molecular weight excluding hydrogens is 220 g/mol. The number of pyridine rings is 1. The number of aryl methyl sites for hydroxylation is 1. The number of nitrogens with zero attached hydrogens (tertiary/aromatic N) is 1. The molecule has 0 atom stereocenters. The number of anilines is 1. The van der Waals surface area contributed by atoms with E-state index >= 15 is 0 Å². The van der Waals surface area contributed by atoms with Crippen molar-refractivity contribution >= 4 is 17.4 Å². The minimum atomic E-state index is 0.0801. The number of aromatic nitrogens is 1. The molecule has 1 aromatic heterocycles. The summed E-state index contributed by atoms with van der Waals surface area (Å²) in [5.41, 5.74) is 1.12. The minimum Gasteiger partial charge on any atom is -0.384 e. The Kier molecular flexibility index (Phi) is 6.08. The van der Waals surface area contributed by atoms with Crippen LogP contribution in [0.4, 0.5) is 5.69 Å². The van der Waals surface area contributed by atoms with E-state index in [-0.39, 0.29) is 5.56 Å². The summed E-state index contributed by atoms with van der Waals surface area (Å²) in [5, 5.41) is 3.33. The van der Waals surface area contributed by atoms with Crippen LogP contribution in [0.2, 0.25) is 0 Å². The quantitative estimate of drug-likeness (QED) is 0.743. The first-order valence-electron chi connectivity index (χ1n) is 5.71. The van der Waals surface area contributed by atoms with Gasteiger partial charge in [-0.2, -0.15) is 11.8 Å². The van der Waals surface area contributed by atoms with Crippen LogP contribution in [0, 0.1) is 0 Å². The molecule has 0 aromatic carbocycles. The van der Waals surface area contributed by atoms with Gasteiger partial charge in [0.25, 0.3) is 5.56 Å². The van der Waals surface area contributed by atoms with Crippen LogP contribution >= 0.6 is 11.8 Å². The molecule has 0 saturated heterocycles. The Morgan fingerprint density at radius 3 is 2.94 bits per heavy atom. The van der Waals surface area contributed by atoms with E-state index in [0.717, 1.165) is 31.6 Å². The maximum Gasteiger partial charge on any atom is 0.250 e. The molecule has 1 aromatic rings. The van der Waals surface area contributed by atoms with Crippen LogP contribution in [-0.2, 0) is 6.54 Å². The van der Waals surface area contributed by atoms with Crippen LogP contribution in [0.3, 0.4) is 0 Å².